The third-order valence-corrected chi connectivity index (χ3v) is 7.86. The SMILES string of the molecule is COC(=O)C1=C(c2ccc(C(C)=O)cc2)C[C@@H]2CC[C@H]1N2C(=O)N1CCc2cc(OC)c(OC)cc2C1. The van der Waals surface area contributed by atoms with Crippen molar-refractivity contribution in [1.82, 2.24) is 9.80 Å². The summed E-state index contributed by atoms with van der Waals surface area (Å²) in [6.07, 6.45) is 2.83. The molecule has 2 amide bonds. The van der Waals surface area contributed by atoms with Crippen molar-refractivity contribution in [2.24, 2.45) is 0 Å². The zero-order valence-electron chi connectivity index (χ0n) is 21.7. The molecule has 37 heavy (non-hydrogen) atoms. The van der Waals surface area contributed by atoms with E-state index in [9.17, 15) is 14.4 Å². The number of fused-ring (bicyclic) bond motifs is 3. The van der Waals surface area contributed by atoms with Crippen LogP contribution in [0.15, 0.2) is 42.0 Å². The number of carbonyl (C=O) groups is 3. The molecule has 8 nitrogen and oxygen atoms in total. The molecule has 2 aromatic carbocycles. The lowest BCUT2D eigenvalue weighted by atomic mass is 9.88. The fourth-order valence-electron chi connectivity index (χ4n) is 5.96. The molecular weight excluding hydrogens is 472 g/mol. The molecule has 1 saturated heterocycles. The molecule has 194 valence electrons. The second kappa shape index (κ2) is 9.92. The number of hydrogen-bond donors (Lipinski definition) is 0. The second-order valence-corrected chi connectivity index (χ2v) is 9.81. The average Bonchev–Trinajstić information content (AvgIpc) is 3.23. The number of hydrogen-bond acceptors (Lipinski definition) is 6. The van der Waals surface area contributed by atoms with Crippen molar-refractivity contribution in [2.75, 3.05) is 27.9 Å². The van der Waals surface area contributed by atoms with E-state index >= 15 is 0 Å². The molecule has 3 aliphatic heterocycles. The van der Waals surface area contributed by atoms with Gasteiger partial charge in [-0.25, -0.2) is 9.59 Å². The van der Waals surface area contributed by atoms with E-state index in [0.717, 1.165) is 35.1 Å². The van der Waals surface area contributed by atoms with Gasteiger partial charge in [-0.2, -0.15) is 0 Å². The number of carbonyl (C=O) groups excluding carboxylic acids is 3. The van der Waals surface area contributed by atoms with Gasteiger partial charge in [0.1, 0.15) is 0 Å². The van der Waals surface area contributed by atoms with E-state index in [4.69, 9.17) is 14.2 Å². The minimum absolute atomic E-state index is 0.000176. The Kier molecular flexibility index (Phi) is 6.67. The quantitative estimate of drug-likeness (QED) is 0.447. The van der Waals surface area contributed by atoms with Crippen molar-refractivity contribution < 1.29 is 28.6 Å². The van der Waals surface area contributed by atoms with Gasteiger partial charge < -0.3 is 24.0 Å². The summed E-state index contributed by atoms with van der Waals surface area (Å²) in [7, 11) is 4.60. The molecule has 0 N–H and O–H groups in total. The number of urea groups is 1. The van der Waals surface area contributed by atoms with E-state index < -0.39 is 5.97 Å². The van der Waals surface area contributed by atoms with Gasteiger partial charge in [-0.1, -0.05) is 24.3 Å². The Balaban J connectivity index is 1.45. The number of ketones is 1. The maximum Gasteiger partial charge on any atom is 0.336 e. The lowest BCUT2D eigenvalue weighted by Gasteiger charge is -2.41. The summed E-state index contributed by atoms with van der Waals surface area (Å²) < 4.78 is 16.1. The highest BCUT2D eigenvalue weighted by atomic mass is 16.5. The van der Waals surface area contributed by atoms with E-state index in [1.807, 2.05) is 34.1 Å². The van der Waals surface area contributed by atoms with Gasteiger partial charge in [0.2, 0.25) is 0 Å². The van der Waals surface area contributed by atoms with Crippen LogP contribution in [0.2, 0.25) is 0 Å². The van der Waals surface area contributed by atoms with Crippen LogP contribution < -0.4 is 9.47 Å². The first kappa shape index (κ1) is 24.9. The highest BCUT2D eigenvalue weighted by Gasteiger charge is 2.48. The number of nitrogens with zero attached hydrogens (tertiary/aromatic N) is 2. The molecular formula is C29H32N2O6. The highest BCUT2D eigenvalue weighted by molar-refractivity contribution is 6.01. The van der Waals surface area contributed by atoms with Gasteiger partial charge in [0.15, 0.2) is 17.3 Å². The van der Waals surface area contributed by atoms with Crippen molar-refractivity contribution in [1.29, 1.82) is 0 Å². The van der Waals surface area contributed by atoms with E-state index in [1.165, 1.54) is 14.0 Å². The summed E-state index contributed by atoms with van der Waals surface area (Å²) in [6.45, 7) is 2.60. The Morgan fingerprint density at radius 3 is 2.22 bits per heavy atom. The van der Waals surface area contributed by atoms with Crippen LogP contribution in [0.3, 0.4) is 0 Å². The van der Waals surface area contributed by atoms with Crippen LogP contribution in [0.25, 0.3) is 5.57 Å². The Labute approximate surface area is 216 Å². The summed E-state index contributed by atoms with van der Waals surface area (Å²) in [4.78, 5) is 42.4. The largest absolute Gasteiger partial charge is 0.493 e. The van der Waals surface area contributed by atoms with Gasteiger partial charge in [0, 0.05) is 24.7 Å². The van der Waals surface area contributed by atoms with E-state index in [-0.39, 0.29) is 23.9 Å². The molecule has 0 radical (unpaired) electrons. The number of methoxy groups -OCH3 is 3. The topological polar surface area (TPSA) is 85.4 Å². The van der Waals surface area contributed by atoms with Crippen LogP contribution >= 0.6 is 0 Å². The minimum atomic E-state index is -0.408. The first-order chi connectivity index (χ1) is 17.9. The smallest absolute Gasteiger partial charge is 0.336 e. The molecule has 8 heteroatoms. The fourth-order valence-corrected chi connectivity index (χ4v) is 5.96. The van der Waals surface area contributed by atoms with Crippen LogP contribution in [0.4, 0.5) is 4.79 Å². The number of benzene rings is 2. The molecule has 0 spiro atoms. The summed E-state index contributed by atoms with van der Waals surface area (Å²) >= 11 is 0. The molecule has 2 aromatic rings. The molecule has 2 bridgehead atoms. The molecule has 5 rings (SSSR count). The molecule has 0 unspecified atom stereocenters. The third kappa shape index (κ3) is 4.34. The Hall–Kier alpha value is -3.81. The molecule has 0 saturated carbocycles. The van der Waals surface area contributed by atoms with Gasteiger partial charge >= 0.3 is 12.0 Å². The molecule has 0 aromatic heterocycles. The van der Waals surface area contributed by atoms with E-state index in [1.54, 1.807) is 26.4 Å². The summed E-state index contributed by atoms with van der Waals surface area (Å²) in [5.41, 5.74) is 5.15. The van der Waals surface area contributed by atoms with Gasteiger partial charge in [0.25, 0.3) is 0 Å². The number of rotatable bonds is 5. The van der Waals surface area contributed by atoms with E-state index in [2.05, 4.69) is 0 Å². The lowest BCUT2D eigenvalue weighted by Crippen LogP contribution is -2.53. The van der Waals surface area contributed by atoms with Crippen LogP contribution in [0.1, 0.15) is 53.2 Å². The van der Waals surface area contributed by atoms with Gasteiger partial charge in [-0.15, -0.1) is 0 Å². The number of Topliss-reactive ketones (excluding diaryl/α,β-unsaturated/α-hetero) is 1. The van der Waals surface area contributed by atoms with Crippen LogP contribution in [0.5, 0.6) is 11.5 Å². The Morgan fingerprint density at radius 2 is 1.59 bits per heavy atom. The van der Waals surface area contributed by atoms with Gasteiger partial charge in [-0.3, -0.25) is 4.79 Å². The van der Waals surface area contributed by atoms with Gasteiger partial charge in [0.05, 0.1) is 32.9 Å². The zero-order valence-corrected chi connectivity index (χ0v) is 21.7. The van der Waals surface area contributed by atoms with Crippen LogP contribution in [-0.2, 0) is 22.5 Å². The average molecular weight is 505 g/mol. The predicted octanol–water partition coefficient (Wildman–Crippen LogP) is 4.25. The maximum absolute atomic E-state index is 13.9. The first-order valence-corrected chi connectivity index (χ1v) is 12.6. The molecule has 3 heterocycles. The van der Waals surface area contributed by atoms with E-state index in [0.29, 0.717) is 48.6 Å². The van der Waals surface area contributed by atoms with Crippen LogP contribution in [-0.4, -0.2) is 67.5 Å². The lowest BCUT2D eigenvalue weighted by molar-refractivity contribution is -0.136. The fraction of sp³-hybridized carbons (Fsp3) is 0.414. The standard InChI is InChI=1S/C29H32N2O6/c1-17(32)18-5-7-19(8-6-18)23-15-22-9-10-24(27(23)28(33)37-4)31(22)29(34)30-12-11-20-13-25(35-2)26(36-3)14-21(20)16-30/h5-8,13-14,22,24H,9-12,15-16H2,1-4H3/t22-,24+/m0/s1. The van der Waals surface area contributed by atoms with Crippen molar-refractivity contribution in [3.05, 3.63) is 64.2 Å². The van der Waals surface area contributed by atoms with Crippen molar-refractivity contribution in [3.63, 3.8) is 0 Å². The highest BCUT2D eigenvalue weighted by Crippen LogP contribution is 2.44. The number of esters is 1. The monoisotopic (exact) mass is 504 g/mol. The summed E-state index contributed by atoms with van der Waals surface area (Å²) in [5.74, 6) is 0.916. The number of amides is 2. The number of ether oxygens (including phenoxy) is 3. The summed E-state index contributed by atoms with van der Waals surface area (Å²) in [5, 5.41) is 0. The predicted molar refractivity (Wildman–Crippen MR) is 138 cm³/mol. The Bertz CT molecular complexity index is 1280. The normalized spacial score (nSPS) is 20.4. The second-order valence-electron chi connectivity index (χ2n) is 9.81. The third-order valence-electron chi connectivity index (χ3n) is 7.86. The first-order valence-electron chi connectivity index (χ1n) is 12.6. The minimum Gasteiger partial charge on any atom is -0.493 e. The molecule has 0 aliphatic carbocycles. The molecule has 2 atom stereocenters. The molecule has 1 fully saturated rings. The van der Waals surface area contributed by atoms with Crippen LogP contribution in [0, 0.1) is 0 Å². The Morgan fingerprint density at radius 1 is 0.919 bits per heavy atom. The van der Waals surface area contributed by atoms with Crippen molar-refractivity contribution in [2.45, 2.75) is 51.2 Å². The molecule has 3 aliphatic rings. The summed E-state index contributed by atoms with van der Waals surface area (Å²) in [6, 6.07) is 10.9. The van der Waals surface area contributed by atoms with Gasteiger partial charge in [-0.05, 0) is 67.0 Å². The maximum atomic E-state index is 13.9. The van der Waals surface area contributed by atoms with Crippen molar-refractivity contribution in [3.8, 4) is 11.5 Å². The van der Waals surface area contributed by atoms with Crippen molar-refractivity contribution >= 4 is 23.4 Å². The zero-order chi connectivity index (χ0) is 26.3.